The van der Waals surface area contributed by atoms with Crippen molar-refractivity contribution in [1.82, 2.24) is 10.3 Å². The first-order valence-electron chi connectivity index (χ1n) is 11.4. The number of benzene rings is 1. The van der Waals surface area contributed by atoms with Crippen LogP contribution in [-0.4, -0.2) is 42.8 Å². The Morgan fingerprint density at radius 3 is 2.94 bits per heavy atom. The fraction of sp³-hybridized carbons (Fsp3) is 0.440. The van der Waals surface area contributed by atoms with E-state index >= 15 is 0 Å². The molecule has 1 aromatic carbocycles. The van der Waals surface area contributed by atoms with Gasteiger partial charge in [-0.2, -0.15) is 0 Å². The molecule has 0 radical (unpaired) electrons. The Morgan fingerprint density at radius 2 is 2.16 bits per heavy atom. The number of aromatic nitrogens is 1. The number of rotatable bonds is 4. The van der Waals surface area contributed by atoms with Crippen molar-refractivity contribution in [3.63, 3.8) is 0 Å². The third kappa shape index (κ3) is 3.18. The van der Waals surface area contributed by atoms with Crippen LogP contribution in [0.4, 0.5) is 5.69 Å². The van der Waals surface area contributed by atoms with Crippen LogP contribution in [-0.2, 0) is 4.74 Å². The summed E-state index contributed by atoms with van der Waals surface area (Å²) in [6, 6.07) is 10.4. The molecule has 0 saturated carbocycles. The van der Waals surface area contributed by atoms with Gasteiger partial charge in [0.1, 0.15) is 5.75 Å². The highest BCUT2D eigenvalue weighted by molar-refractivity contribution is 7.21. The molecule has 0 spiro atoms. The standard InChI is InChI=1S/C25H27N3O3S/c1-14(2)21-22-23(19(7-9-26-22)28-12-16-11-15(28)13-31-16)32-24(21)25(29)27-18-8-10-30-20-6-4-3-5-17(18)20/h3-7,9,14-16,18H,8,10-13H2,1-2H3,(H,27,29)/t15?,16?,18-/m0/s1. The van der Waals surface area contributed by atoms with Gasteiger partial charge in [0.15, 0.2) is 0 Å². The normalized spacial score (nSPS) is 24.1. The summed E-state index contributed by atoms with van der Waals surface area (Å²) in [6.07, 6.45) is 4.07. The van der Waals surface area contributed by atoms with Crippen LogP contribution in [0, 0.1) is 0 Å². The molecule has 1 amide bonds. The van der Waals surface area contributed by atoms with E-state index in [0.29, 0.717) is 18.8 Å². The summed E-state index contributed by atoms with van der Waals surface area (Å²) < 4.78 is 12.7. The Labute approximate surface area is 191 Å². The van der Waals surface area contributed by atoms with Crippen molar-refractivity contribution in [2.24, 2.45) is 0 Å². The highest BCUT2D eigenvalue weighted by atomic mass is 32.1. The van der Waals surface area contributed by atoms with Crippen molar-refractivity contribution >= 4 is 33.1 Å². The molecule has 166 valence electrons. The quantitative estimate of drug-likeness (QED) is 0.628. The molecule has 3 atom stereocenters. The van der Waals surface area contributed by atoms with Crippen molar-refractivity contribution in [1.29, 1.82) is 0 Å². The van der Waals surface area contributed by atoms with E-state index in [1.54, 1.807) is 11.3 Å². The summed E-state index contributed by atoms with van der Waals surface area (Å²) >= 11 is 1.58. The minimum absolute atomic E-state index is 0.0179. The zero-order chi connectivity index (χ0) is 21.8. The number of nitrogens with zero attached hydrogens (tertiary/aromatic N) is 2. The van der Waals surface area contributed by atoms with E-state index in [1.807, 2.05) is 30.5 Å². The van der Waals surface area contributed by atoms with Crippen LogP contribution in [0.5, 0.6) is 5.75 Å². The Bertz CT molecular complexity index is 1190. The molecule has 32 heavy (non-hydrogen) atoms. The minimum Gasteiger partial charge on any atom is -0.493 e. The number of pyridine rings is 1. The molecule has 3 aliphatic rings. The van der Waals surface area contributed by atoms with Crippen LogP contribution in [0.15, 0.2) is 36.5 Å². The number of hydrogen-bond acceptors (Lipinski definition) is 6. The maximum atomic E-state index is 13.6. The van der Waals surface area contributed by atoms with Gasteiger partial charge in [0, 0.05) is 30.3 Å². The van der Waals surface area contributed by atoms with Crippen molar-refractivity contribution in [3.8, 4) is 5.75 Å². The number of fused-ring (bicyclic) bond motifs is 4. The number of nitrogens with one attached hydrogen (secondary N) is 1. The van der Waals surface area contributed by atoms with Crippen LogP contribution >= 0.6 is 11.3 Å². The molecular weight excluding hydrogens is 422 g/mol. The third-order valence-electron chi connectivity index (χ3n) is 6.84. The summed E-state index contributed by atoms with van der Waals surface area (Å²) in [5, 5.41) is 3.29. The van der Waals surface area contributed by atoms with E-state index in [4.69, 9.17) is 14.5 Å². The number of para-hydroxylation sites is 1. The maximum Gasteiger partial charge on any atom is 0.262 e. The zero-order valence-electron chi connectivity index (χ0n) is 18.3. The monoisotopic (exact) mass is 449 g/mol. The number of carbonyl (C=O) groups is 1. The lowest BCUT2D eigenvalue weighted by Crippen LogP contribution is -2.36. The highest BCUT2D eigenvalue weighted by Gasteiger charge is 2.40. The SMILES string of the molecule is CC(C)c1c(C(=O)N[C@H]2CCOc3ccccc32)sc2c(N3CC4CC3CO4)ccnc12. The Kier molecular flexibility index (Phi) is 4.84. The number of hydrogen-bond donors (Lipinski definition) is 1. The highest BCUT2D eigenvalue weighted by Crippen LogP contribution is 2.43. The van der Waals surface area contributed by atoms with E-state index in [1.165, 1.54) is 5.69 Å². The van der Waals surface area contributed by atoms with Gasteiger partial charge in [-0.3, -0.25) is 9.78 Å². The van der Waals surface area contributed by atoms with Gasteiger partial charge in [-0.25, -0.2) is 0 Å². The van der Waals surface area contributed by atoms with Crippen LogP contribution in [0.1, 0.15) is 59.4 Å². The number of morpholine rings is 1. The molecule has 3 aliphatic heterocycles. The molecule has 6 nitrogen and oxygen atoms in total. The first-order valence-corrected chi connectivity index (χ1v) is 12.2. The van der Waals surface area contributed by atoms with Crippen LogP contribution in [0.2, 0.25) is 0 Å². The van der Waals surface area contributed by atoms with Gasteiger partial charge in [0.05, 0.1) is 52.2 Å². The van der Waals surface area contributed by atoms with E-state index in [0.717, 1.165) is 58.0 Å². The van der Waals surface area contributed by atoms with E-state index in [9.17, 15) is 4.79 Å². The third-order valence-corrected chi connectivity index (χ3v) is 8.06. The first kappa shape index (κ1) is 20.0. The summed E-state index contributed by atoms with van der Waals surface area (Å²) in [5.74, 6) is 1.04. The van der Waals surface area contributed by atoms with Crippen molar-refractivity contribution < 1.29 is 14.3 Å². The average molecular weight is 450 g/mol. The van der Waals surface area contributed by atoms with Crippen molar-refractivity contribution in [3.05, 3.63) is 52.5 Å². The summed E-state index contributed by atoms with van der Waals surface area (Å²) in [4.78, 5) is 21.5. The van der Waals surface area contributed by atoms with Gasteiger partial charge in [-0.05, 0) is 24.5 Å². The number of carbonyl (C=O) groups excluding carboxylic acids is 1. The fourth-order valence-corrected chi connectivity index (χ4v) is 6.68. The van der Waals surface area contributed by atoms with Crippen LogP contribution in [0.3, 0.4) is 0 Å². The molecule has 2 fully saturated rings. The molecule has 7 heteroatoms. The summed E-state index contributed by atoms with van der Waals surface area (Å²) in [7, 11) is 0. The summed E-state index contributed by atoms with van der Waals surface area (Å²) in [5.41, 5.74) is 4.24. The largest absolute Gasteiger partial charge is 0.493 e. The minimum atomic E-state index is -0.0448. The second kappa shape index (κ2) is 7.74. The van der Waals surface area contributed by atoms with Gasteiger partial charge in [0.2, 0.25) is 0 Å². The smallest absolute Gasteiger partial charge is 0.262 e. The van der Waals surface area contributed by atoms with Gasteiger partial charge in [0.25, 0.3) is 5.91 Å². The predicted molar refractivity (Wildman–Crippen MR) is 126 cm³/mol. The molecule has 6 rings (SSSR count). The Morgan fingerprint density at radius 1 is 1.28 bits per heavy atom. The molecular formula is C25H27N3O3S. The van der Waals surface area contributed by atoms with E-state index in [-0.39, 0.29) is 17.9 Å². The Balaban J connectivity index is 1.38. The van der Waals surface area contributed by atoms with Crippen LogP contribution in [0.25, 0.3) is 10.2 Å². The fourth-order valence-electron chi connectivity index (χ4n) is 5.34. The van der Waals surface area contributed by atoms with Crippen molar-refractivity contribution in [2.45, 2.75) is 50.8 Å². The Hall–Kier alpha value is -2.64. The molecule has 2 bridgehead atoms. The number of thiophene rings is 1. The second-order valence-electron chi connectivity index (χ2n) is 9.21. The molecule has 2 unspecified atom stereocenters. The number of amides is 1. The average Bonchev–Trinajstić information content (AvgIpc) is 3.53. The number of anilines is 1. The lowest BCUT2D eigenvalue weighted by atomic mass is 9.99. The second-order valence-corrected chi connectivity index (χ2v) is 10.2. The molecule has 2 saturated heterocycles. The summed E-state index contributed by atoms with van der Waals surface area (Å²) in [6.45, 7) is 6.59. The molecule has 3 aromatic rings. The lowest BCUT2D eigenvalue weighted by molar-refractivity contribution is 0.0927. The van der Waals surface area contributed by atoms with Gasteiger partial charge < -0.3 is 19.7 Å². The topological polar surface area (TPSA) is 63.7 Å². The molecule has 5 heterocycles. The van der Waals surface area contributed by atoms with E-state index < -0.39 is 0 Å². The molecule has 0 aliphatic carbocycles. The van der Waals surface area contributed by atoms with Crippen LogP contribution < -0.4 is 15.0 Å². The zero-order valence-corrected chi connectivity index (χ0v) is 19.2. The van der Waals surface area contributed by atoms with E-state index in [2.05, 4.69) is 30.1 Å². The lowest BCUT2D eigenvalue weighted by Gasteiger charge is -2.29. The molecule has 2 aromatic heterocycles. The first-order chi connectivity index (χ1) is 15.6. The maximum absolute atomic E-state index is 13.6. The van der Waals surface area contributed by atoms with Gasteiger partial charge >= 0.3 is 0 Å². The number of ether oxygens (including phenoxy) is 2. The molecule has 1 N–H and O–H groups in total. The van der Waals surface area contributed by atoms with Crippen molar-refractivity contribution in [2.75, 3.05) is 24.7 Å². The van der Waals surface area contributed by atoms with Gasteiger partial charge in [-0.15, -0.1) is 11.3 Å². The predicted octanol–water partition coefficient (Wildman–Crippen LogP) is 4.65. The van der Waals surface area contributed by atoms with Gasteiger partial charge in [-0.1, -0.05) is 32.0 Å².